The number of phenolic OH excluding ortho intramolecular Hbond substituents is 1. The summed E-state index contributed by atoms with van der Waals surface area (Å²) >= 11 is 0. The van der Waals surface area contributed by atoms with E-state index in [9.17, 15) is 18.7 Å². The molecule has 2 aromatic carbocycles. The number of aromatic hydroxyl groups is 1. The number of hydrogen-bond acceptors (Lipinski definition) is 9. The lowest BCUT2D eigenvalue weighted by molar-refractivity contribution is 0.107. The number of nitrogens with zero attached hydrogens (tertiary/aromatic N) is 8. The third-order valence-corrected chi connectivity index (χ3v) is 10.2. The highest BCUT2D eigenvalue weighted by Crippen LogP contribution is 2.42. The van der Waals surface area contributed by atoms with Crippen molar-refractivity contribution in [1.29, 1.82) is 0 Å². The van der Waals surface area contributed by atoms with Crippen LogP contribution in [-0.2, 0) is 6.42 Å². The quantitative estimate of drug-likeness (QED) is 0.256. The Balaban J connectivity index is 1.21. The molecule has 8 rings (SSSR count). The van der Waals surface area contributed by atoms with Crippen molar-refractivity contribution >= 4 is 33.5 Å². The molecular formula is C35H35F3N8O3. The number of aromatic nitrogens is 5. The van der Waals surface area contributed by atoms with Crippen molar-refractivity contribution in [3.05, 3.63) is 66.1 Å². The van der Waals surface area contributed by atoms with E-state index in [1.54, 1.807) is 29.4 Å². The zero-order valence-corrected chi connectivity index (χ0v) is 26.9. The summed E-state index contributed by atoms with van der Waals surface area (Å²) in [7, 11) is 0. The van der Waals surface area contributed by atoms with Gasteiger partial charge in [0.1, 0.15) is 41.4 Å². The van der Waals surface area contributed by atoms with Crippen LogP contribution in [0.4, 0.5) is 23.8 Å². The molecular weight excluding hydrogens is 637 g/mol. The van der Waals surface area contributed by atoms with Gasteiger partial charge in [-0.15, -0.1) is 0 Å². The first kappa shape index (κ1) is 31.3. The molecule has 3 saturated heterocycles. The number of halogens is 3. The number of phenols is 1. The van der Waals surface area contributed by atoms with E-state index in [0.717, 1.165) is 19.4 Å². The number of fused-ring (bicyclic) bond motifs is 3. The van der Waals surface area contributed by atoms with Crippen molar-refractivity contribution in [3.63, 3.8) is 0 Å². The van der Waals surface area contributed by atoms with Gasteiger partial charge < -0.3 is 19.6 Å². The van der Waals surface area contributed by atoms with Gasteiger partial charge in [-0.05, 0) is 66.4 Å². The van der Waals surface area contributed by atoms with Crippen molar-refractivity contribution in [2.24, 2.45) is 0 Å². The lowest BCUT2D eigenvalue weighted by Crippen LogP contribution is -2.50. The minimum Gasteiger partial charge on any atom is -0.508 e. The SMILES string of the molecule is CCc1c(F)ccc2cc(O)cc(-c3ncc4c(N5CCN(C(=O)n6cccn6)CC5)nc(OC[C@@]56CCCN5C[C@H](F)C6)nc4c3F)c12. The second-order valence-electron chi connectivity index (χ2n) is 13.1. The number of pyridine rings is 1. The lowest BCUT2D eigenvalue weighted by Gasteiger charge is -2.35. The Hall–Kier alpha value is -4.98. The fraction of sp³-hybridized carbons (Fsp3) is 0.400. The standard InChI is InChI=1S/C35H35F3N8O3/c1-2-24-27(37)6-5-21-15-23(47)16-25(28(21)24)30-29(38)31-26(18-39-30)32(43-11-13-44(14-12-43)34(48)46-10-4-8-40-46)42-33(41-31)49-20-35-7-3-9-45(35)19-22(36)17-35/h4-6,8,10,15-16,18,22,47H,2-3,7,9,11-14,17,19-20H2,1H3/t22-,35+/m1/s1. The van der Waals surface area contributed by atoms with E-state index in [0.29, 0.717) is 73.1 Å². The fourth-order valence-electron chi connectivity index (χ4n) is 7.83. The van der Waals surface area contributed by atoms with Crippen molar-refractivity contribution < 1.29 is 27.8 Å². The van der Waals surface area contributed by atoms with Crippen LogP contribution in [0.2, 0.25) is 0 Å². The van der Waals surface area contributed by atoms with Gasteiger partial charge in [-0.2, -0.15) is 19.7 Å². The van der Waals surface area contributed by atoms with E-state index in [-0.39, 0.29) is 41.2 Å². The van der Waals surface area contributed by atoms with Crippen LogP contribution < -0.4 is 9.64 Å². The number of carbonyl (C=O) groups excluding carboxylic acids is 1. The lowest BCUT2D eigenvalue weighted by atomic mass is 9.94. The first-order valence-electron chi connectivity index (χ1n) is 16.6. The smallest absolute Gasteiger partial charge is 0.344 e. The second-order valence-corrected chi connectivity index (χ2v) is 13.1. The van der Waals surface area contributed by atoms with E-state index in [1.807, 2.05) is 11.8 Å². The fourth-order valence-corrected chi connectivity index (χ4v) is 7.83. The molecule has 0 radical (unpaired) electrons. The van der Waals surface area contributed by atoms with Crippen LogP contribution >= 0.6 is 0 Å². The summed E-state index contributed by atoms with van der Waals surface area (Å²) in [5.41, 5.74) is -0.0112. The molecule has 254 valence electrons. The number of hydrogen-bond donors (Lipinski definition) is 1. The predicted octanol–water partition coefficient (Wildman–Crippen LogP) is 5.33. The summed E-state index contributed by atoms with van der Waals surface area (Å²) in [6.07, 6.45) is 6.08. The molecule has 0 saturated carbocycles. The van der Waals surface area contributed by atoms with Crippen molar-refractivity contribution in [2.45, 2.75) is 44.3 Å². The molecule has 14 heteroatoms. The Morgan fingerprint density at radius 2 is 1.96 bits per heavy atom. The number of alkyl halides is 1. The van der Waals surface area contributed by atoms with Crippen molar-refractivity contribution in [2.75, 3.05) is 50.8 Å². The largest absolute Gasteiger partial charge is 0.508 e. The third kappa shape index (κ3) is 5.38. The Morgan fingerprint density at radius 3 is 2.73 bits per heavy atom. The predicted molar refractivity (Wildman–Crippen MR) is 177 cm³/mol. The van der Waals surface area contributed by atoms with Crippen LogP contribution in [0.1, 0.15) is 31.7 Å². The molecule has 1 N–H and O–H groups in total. The summed E-state index contributed by atoms with van der Waals surface area (Å²) in [4.78, 5) is 32.5. The molecule has 11 nitrogen and oxygen atoms in total. The molecule has 49 heavy (non-hydrogen) atoms. The number of rotatable bonds is 6. The molecule has 3 aliphatic heterocycles. The number of anilines is 1. The van der Waals surface area contributed by atoms with E-state index in [4.69, 9.17) is 9.72 Å². The van der Waals surface area contributed by atoms with Crippen molar-refractivity contribution in [3.8, 4) is 23.0 Å². The maximum atomic E-state index is 16.9. The second kappa shape index (κ2) is 12.2. The van der Waals surface area contributed by atoms with Gasteiger partial charge in [0.15, 0.2) is 5.82 Å². The summed E-state index contributed by atoms with van der Waals surface area (Å²) in [6, 6.07) is 7.15. The molecule has 6 heterocycles. The monoisotopic (exact) mass is 672 g/mol. The van der Waals surface area contributed by atoms with Crippen LogP contribution in [0.15, 0.2) is 48.9 Å². The van der Waals surface area contributed by atoms with E-state index >= 15 is 4.39 Å². The van der Waals surface area contributed by atoms with Crippen molar-refractivity contribution in [1.82, 2.24) is 34.5 Å². The van der Waals surface area contributed by atoms with Gasteiger partial charge >= 0.3 is 12.0 Å². The highest BCUT2D eigenvalue weighted by molar-refractivity contribution is 6.01. The molecule has 0 unspecified atom stereocenters. The van der Waals surface area contributed by atoms with Crippen LogP contribution in [0.3, 0.4) is 0 Å². The number of aryl methyl sites for hydroxylation is 1. The summed E-state index contributed by atoms with van der Waals surface area (Å²) < 4.78 is 53.9. The zero-order valence-electron chi connectivity index (χ0n) is 26.9. The van der Waals surface area contributed by atoms with Gasteiger partial charge in [-0.1, -0.05) is 13.0 Å². The number of amides is 1. The maximum absolute atomic E-state index is 16.9. The first-order chi connectivity index (χ1) is 23.7. The number of piperazine rings is 1. The van der Waals surface area contributed by atoms with Gasteiger partial charge in [0.25, 0.3) is 0 Å². The highest BCUT2D eigenvalue weighted by atomic mass is 19.1. The maximum Gasteiger partial charge on any atom is 0.344 e. The highest BCUT2D eigenvalue weighted by Gasteiger charge is 2.49. The summed E-state index contributed by atoms with van der Waals surface area (Å²) in [6.45, 7) is 4.62. The van der Waals surface area contributed by atoms with E-state index in [2.05, 4.69) is 20.0 Å². The van der Waals surface area contributed by atoms with Crippen LogP contribution in [-0.4, -0.2) is 103 Å². The Morgan fingerprint density at radius 1 is 1.12 bits per heavy atom. The molecule has 5 aromatic rings. The Kier molecular flexibility index (Phi) is 7.77. The first-order valence-corrected chi connectivity index (χ1v) is 16.6. The molecule has 0 spiro atoms. The third-order valence-electron chi connectivity index (χ3n) is 10.2. The van der Waals surface area contributed by atoms with Gasteiger partial charge in [0.2, 0.25) is 0 Å². The van der Waals surface area contributed by atoms with Crippen LogP contribution in [0.25, 0.3) is 32.9 Å². The van der Waals surface area contributed by atoms with Crippen LogP contribution in [0, 0.1) is 11.6 Å². The Bertz CT molecular complexity index is 2070. The minimum atomic E-state index is -0.946. The van der Waals surface area contributed by atoms with Gasteiger partial charge in [0.05, 0.1) is 10.9 Å². The number of carbonyl (C=O) groups is 1. The van der Waals surface area contributed by atoms with Gasteiger partial charge in [-0.3, -0.25) is 9.88 Å². The van der Waals surface area contributed by atoms with Gasteiger partial charge in [-0.25, -0.2) is 18.0 Å². The molecule has 3 fully saturated rings. The topological polar surface area (TPSA) is 113 Å². The summed E-state index contributed by atoms with van der Waals surface area (Å²) in [5.74, 6) is -0.935. The zero-order chi connectivity index (χ0) is 33.9. The molecule has 0 aliphatic carbocycles. The molecule has 1 amide bonds. The van der Waals surface area contributed by atoms with Crippen LogP contribution in [0.5, 0.6) is 11.8 Å². The molecule has 3 aliphatic rings. The average Bonchev–Trinajstić information content (AvgIpc) is 3.84. The summed E-state index contributed by atoms with van der Waals surface area (Å²) in [5, 5.41) is 16.0. The average molecular weight is 673 g/mol. The number of benzene rings is 2. The number of ether oxygens (including phenoxy) is 1. The van der Waals surface area contributed by atoms with E-state index in [1.165, 1.54) is 29.1 Å². The Labute approximate surface area is 279 Å². The molecule has 3 aromatic heterocycles. The minimum absolute atomic E-state index is 0.0541. The molecule has 2 atom stereocenters. The van der Waals surface area contributed by atoms with Gasteiger partial charge in [0, 0.05) is 63.3 Å². The molecule has 0 bridgehead atoms. The normalized spacial score (nSPS) is 21.2. The van der Waals surface area contributed by atoms with E-state index < -0.39 is 23.3 Å².